The molecule has 1 heterocycles. The van der Waals surface area contributed by atoms with Gasteiger partial charge in [0.25, 0.3) is 0 Å². The molecule has 0 saturated heterocycles. The third-order valence-electron chi connectivity index (χ3n) is 3.48. The van der Waals surface area contributed by atoms with Crippen molar-refractivity contribution in [2.75, 3.05) is 10.6 Å². The van der Waals surface area contributed by atoms with Crippen LogP contribution in [0.5, 0.6) is 0 Å². The minimum Gasteiger partial charge on any atom is -0.399 e. The first-order valence-electron chi connectivity index (χ1n) is 6.39. The van der Waals surface area contributed by atoms with Crippen molar-refractivity contribution < 1.29 is 0 Å². The predicted octanol–water partition coefficient (Wildman–Crippen LogP) is 3.81. The number of hydrogen-bond donors (Lipinski definition) is 1. The molecule has 2 N–H and O–H groups in total. The molecule has 1 saturated carbocycles. The first-order valence-corrected chi connectivity index (χ1v) is 7.27. The van der Waals surface area contributed by atoms with Gasteiger partial charge in [0.2, 0.25) is 0 Å². The van der Waals surface area contributed by atoms with Gasteiger partial charge in [0.15, 0.2) is 0 Å². The molecule has 2 nitrogen and oxygen atoms in total. The van der Waals surface area contributed by atoms with Crippen molar-refractivity contribution in [3.05, 3.63) is 46.2 Å². The molecule has 0 bridgehead atoms. The van der Waals surface area contributed by atoms with Crippen molar-refractivity contribution in [3.8, 4) is 0 Å². The SMILES string of the molecule is Cc1cc(N(Cc2cccs2)C2CC2)ccc1N. The summed E-state index contributed by atoms with van der Waals surface area (Å²) in [7, 11) is 0. The molecule has 0 amide bonds. The van der Waals surface area contributed by atoms with Crippen LogP contribution in [0.3, 0.4) is 0 Å². The Bertz CT molecular complexity index is 529. The van der Waals surface area contributed by atoms with Crippen LogP contribution in [0.2, 0.25) is 0 Å². The molecular weight excluding hydrogens is 240 g/mol. The van der Waals surface area contributed by atoms with Crippen LogP contribution in [0, 0.1) is 6.92 Å². The monoisotopic (exact) mass is 258 g/mol. The number of rotatable bonds is 4. The third kappa shape index (κ3) is 2.36. The lowest BCUT2D eigenvalue weighted by Gasteiger charge is -2.24. The summed E-state index contributed by atoms with van der Waals surface area (Å²) in [5.41, 5.74) is 9.25. The second-order valence-corrected chi connectivity index (χ2v) is 6.01. The molecule has 94 valence electrons. The summed E-state index contributed by atoms with van der Waals surface area (Å²) < 4.78 is 0. The molecule has 1 aromatic heterocycles. The average Bonchev–Trinajstić information content (AvgIpc) is 3.07. The largest absolute Gasteiger partial charge is 0.399 e. The second kappa shape index (κ2) is 4.65. The fourth-order valence-corrected chi connectivity index (χ4v) is 2.93. The highest BCUT2D eigenvalue weighted by Crippen LogP contribution is 2.34. The fourth-order valence-electron chi connectivity index (χ4n) is 2.23. The number of nitrogens with zero attached hydrogens (tertiary/aromatic N) is 1. The number of benzene rings is 1. The zero-order valence-corrected chi connectivity index (χ0v) is 11.4. The van der Waals surface area contributed by atoms with Crippen LogP contribution < -0.4 is 10.6 Å². The van der Waals surface area contributed by atoms with Gasteiger partial charge in [0.05, 0.1) is 6.54 Å². The number of nitrogens with two attached hydrogens (primary N) is 1. The zero-order valence-electron chi connectivity index (χ0n) is 10.6. The van der Waals surface area contributed by atoms with E-state index < -0.39 is 0 Å². The van der Waals surface area contributed by atoms with Crippen LogP contribution in [0.25, 0.3) is 0 Å². The lowest BCUT2D eigenvalue weighted by atomic mass is 10.1. The van der Waals surface area contributed by atoms with Crippen molar-refractivity contribution in [1.82, 2.24) is 0 Å². The summed E-state index contributed by atoms with van der Waals surface area (Å²) in [6, 6.07) is 11.4. The maximum Gasteiger partial charge on any atom is 0.0525 e. The Morgan fingerprint density at radius 2 is 2.17 bits per heavy atom. The zero-order chi connectivity index (χ0) is 12.5. The van der Waals surface area contributed by atoms with E-state index in [2.05, 4.69) is 41.5 Å². The van der Waals surface area contributed by atoms with Crippen LogP contribution in [0.15, 0.2) is 35.7 Å². The van der Waals surface area contributed by atoms with E-state index in [0.717, 1.165) is 18.3 Å². The van der Waals surface area contributed by atoms with Gasteiger partial charge in [-0.1, -0.05) is 6.07 Å². The van der Waals surface area contributed by atoms with E-state index in [1.807, 2.05) is 17.4 Å². The van der Waals surface area contributed by atoms with Gasteiger partial charge >= 0.3 is 0 Å². The Kier molecular flexibility index (Phi) is 3.00. The van der Waals surface area contributed by atoms with Gasteiger partial charge in [-0.2, -0.15) is 0 Å². The van der Waals surface area contributed by atoms with Gasteiger partial charge in [-0.15, -0.1) is 11.3 Å². The van der Waals surface area contributed by atoms with Crippen molar-refractivity contribution in [2.45, 2.75) is 32.4 Å². The quantitative estimate of drug-likeness (QED) is 0.845. The van der Waals surface area contributed by atoms with E-state index in [0.29, 0.717) is 0 Å². The van der Waals surface area contributed by atoms with E-state index in [1.54, 1.807) is 0 Å². The molecule has 1 fully saturated rings. The summed E-state index contributed by atoms with van der Waals surface area (Å²) in [5, 5.41) is 2.15. The van der Waals surface area contributed by atoms with Crippen LogP contribution >= 0.6 is 11.3 Å². The average molecular weight is 258 g/mol. The number of aryl methyl sites for hydroxylation is 1. The van der Waals surface area contributed by atoms with E-state index in [9.17, 15) is 0 Å². The van der Waals surface area contributed by atoms with E-state index in [1.165, 1.54) is 29.0 Å². The Balaban J connectivity index is 1.86. The lowest BCUT2D eigenvalue weighted by Crippen LogP contribution is -2.24. The Hall–Kier alpha value is -1.48. The number of anilines is 2. The molecule has 2 aromatic rings. The molecule has 1 aromatic carbocycles. The topological polar surface area (TPSA) is 29.3 Å². The highest BCUT2D eigenvalue weighted by Gasteiger charge is 2.29. The van der Waals surface area contributed by atoms with Gasteiger partial charge in [0, 0.05) is 22.3 Å². The minimum atomic E-state index is 0.718. The predicted molar refractivity (Wildman–Crippen MR) is 79.1 cm³/mol. The molecule has 1 aliphatic carbocycles. The van der Waals surface area contributed by atoms with Gasteiger partial charge in [0.1, 0.15) is 0 Å². The molecule has 0 atom stereocenters. The van der Waals surface area contributed by atoms with Crippen molar-refractivity contribution in [2.24, 2.45) is 0 Å². The van der Waals surface area contributed by atoms with E-state index in [-0.39, 0.29) is 0 Å². The van der Waals surface area contributed by atoms with E-state index in [4.69, 9.17) is 5.73 Å². The van der Waals surface area contributed by atoms with Crippen molar-refractivity contribution in [1.29, 1.82) is 0 Å². The standard InChI is InChI=1S/C15H18N2S/c1-11-9-13(6-7-15(11)16)17(12-4-5-12)10-14-3-2-8-18-14/h2-3,6-9,12H,4-5,10,16H2,1H3. The maximum atomic E-state index is 5.90. The highest BCUT2D eigenvalue weighted by atomic mass is 32.1. The second-order valence-electron chi connectivity index (χ2n) is 4.98. The Morgan fingerprint density at radius 1 is 1.33 bits per heavy atom. The summed E-state index contributed by atoms with van der Waals surface area (Å²) in [5.74, 6) is 0. The van der Waals surface area contributed by atoms with Crippen molar-refractivity contribution >= 4 is 22.7 Å². The van der Waals surface area contributed by atoms with Crippen LogP contribution in [0.1, 0.15) is 23.3 Å². The minimum absolute atomic E-state index is 0.718. The molecule has 0 spiro atoms. The molecule has 3 heteroatoms. The lowest BCUT2D eigenvalue weighted by molar-refractivity contribution is 0.803. The molecule has 0 radical (unpaired) electrons. The molecule has 0 unspecified atom stereocenters. The van der Waals surface area contributed by atoms with Gasteiger partial charge in [-0.3, -0.25) is 0 Å². The van der Waals surface area contributed by atoms with Gasteiger partial charge in [-0.05, 0) is 55.0 Å². The first-order chi connectivity index (χ1) is 8.74. The molecule has 1 aliphatic rings. The van der Waals surface area contributed by atoms with Gasteiger partial charge < -0.3 is 10.6 Å². The van der Waals surface area contributed by atoms with Crippen LogP contribution in [-0.2, 0) is 6.54 Å². The van der Waals surface area contributed by atoms with Crippen LogP contribution in [0.4, 0.5) is 11.4 Å². The smallest absolute Gasteiger partial charge is 0.0525 e. The first kappa shape index (κ1) is 11.6. The number of thiophene rings is 1. The fraction of sp³-hybridized carbons (Fsp3) is 0.333. The van der Waals surface area contributed by atoms with Gasteiger partial charge in [-0.25, -0.2) is 0 Å². The molecule has 18 heavy (non-hydrogen) atoms. The summed E-state index contributed by atoms with van der Waals surface area (Å²) >= 11 is 1.83. The normalized spacial score (nSPS) is 14.7. The Labute approximate surface area is 112 Å². The van der Waals surface area contributed by atoms with Crippen LogP contribution in [-0.4, -0.2) is 6.04 Å². The summed E-state index contributed by atoms with van der Waals surface area (Å²) in [6.07, 6.45) is 2.63. The summed E-state index contributed by atoms with van der Waals surface area (Å²) in [6.45, 7) is 3.10. The number of hydrogen-bond acceptors (Lipinski definition) is 3. The van der Waals surface area contributed by atoms with E-state index >= 15 is 0 Å². The number of nitrogen functional groups attached to an aromatic ring is 1. The third-order valence-corrected chi connectivity index (χ3v) is 4.34. The molecule has 0 aliphatic heterocycles. The van der Waals surface area contributed by atoms with Crippen molar-refractivity contribution in [3.63, 3.8) is 0 Å². The maximum absolute atomic E-state index is 5.90. The highest BCUT2D eigenvalue weighted by molar-refractivity contribution is 7.09. The summed E-state index contributed by atoms with van der Waals surface area (Å²) in [4.78, 5) is 3.94. The molecular formula is C15H18N2S. The molecule has 3 rings (SSSR count). The Morgan fingerprint density at radius 3 is 2.78 bits per heavy atom.